The lowest BCUT2D eigenvalue weighted by atomic mass is 9.92. The molecule has 2 N–H and O–H groups in total. The van der Waals surface area contributed by atoms with E-state index in [-0.39, 0.29) is 17.2 Å². The maximum atomic E-state index is 13.9. The first kappa shape index (κ1) is 27.4. The second-order valence-electron chi connectivity index (χ2n) is 9.55. The quantitative estimate of drug-likeness (QED) is 0.246. The number of hydrogen-bond acceptors (Lipinski definition) is 3. The molecule has 5 rings (SSSR count). The zero-order chi connectivity index (χ0) is 28.5. The normalized spacial score (nSPS) is 15.1. The van der Waals surface area contributed by atoms with Crippen LogP contribution in [0.1, 0.15) is 38.3 Å². The highest BCUT2D eigenvalue weighted by molar-refractivity contribution is 6.09. The van der Waals surface area contributed by atoms with Crippen molar-refractivity contribution in [2.24, 2.45) is 0 Å². The van der Waals surface area contributed by atoms with Gasteiger partial charge in [-0.15, -0.1) is 0 Å². The van der Waals surface area contributed by atoms with Gasteiger partial charge in [0.25, 0.3) is 5.91 Å². The molecule has 1 aromatic heterocycles. The van der Waals surface area contributed by atoms with Crippen molar-refractivity contribution in [1.82, 2.24) is 10.3 Å². The van der Waals surface area contributed by atoms with Gasteiger partial charge in [0.15, 0.2) is 0 Å². The molecule has 1 aliphatic rings. The summed E-state index contributed by atoms with van der Waals surface area (Å²) >= 11 is 0. The van der Waals surface area contributed by atoms with Crippen LogP contribution in [-0.2, 0) is 31.7 Å². The zero-order valence-corrected chi connectivity index (χ0v) is 20.9. The molecular weight excluding hydrogens is 532 g/mol. The Bertz CT molecular complexity index is 1520. The third kappa shape index (κ3) is 6.02. The van der Waals surface area contributed by atoms with Crippen LogP contribution in [0, 0.1) is 0 Å². The van der Waals surface area contributed by atoms with Gasteiger partial charge in [-0.3, -0.25) is 9.78 Å². The van der Waals surface area contributed by atoms with Crippen molar-refractivity contribution < 1.29 is 31.1 Å². The van der Waals surface area contributed by atoms with Gasteiger partial charge in [-0.1, -0.05) is 30.3 Å². The summed E-state index contributed by atoms with van der Waals surface area (Å²) in [6, 6.07) is 17.6. The minimum Gasteiger partial charge on any atom is -0.322 e. The lowest BCUT2D eigenvalue weighted by molar-refractivity contribution is -0.138. The number of rotatable bonds is 6. The highest BCUT2D eigenvalue weighted by atomic mass is 19.4. The van der Waals surface area contributed by atoms with Crippen LogP contribution >= 0.6 is 0 Å². The highest BCUT2D eigenvalue weighted by Crippen LogP contribution is 2.40. The predicted molar refractivity (Wildman–Crippen MR) is 139 cm³/mol. The fraction of sp³-hybridized carbons (Fsp3) is 0.200. The predicted octanol–water partition coefficient (Wildman–Crippen LogP) is 7.30. The molecule has 0 fully saturated rings. The standard InChI is InChI=1S/C30H23F6N3O/c31-29(32,33)21-10-7-18(8-11-21)27-25(5-3-6-26(27)30(34,35)36)28(40)39-22-12-9-19-14-24(16-20(19)15-22)38-17-23-4-1-2-13-37-23/h1-13,15,24,38H,14,16-17H2,(H,39,40)/t24-/m0/s1. The van der Waals surface area contributed by atoms with Gasteiger partial charge in [0.05, 0.1) is 16.8 Å². The average molecular weight is 556 g/mol. The number of benzene rings is 3. The van der Waals surface area contributed by atoms with E-state index in [2.05, 4.69) is 15.6 Å². The second-order valence-corrected chi connectivity index (χ2v) is 9.55. The van der Waals surface area contributed by atoms with Gasteiger partial charge in [-0.25, -0.2) is 0 Å². The number of fused-ring (bicyclic) bond motifs is 1. The molecule has 0 bridgehead atoms. The smallest absolute Gasteiger partial charge is 0.322 e. The SMILES string of the molecule is O=C(Nc1ccc2c(c1)C[C@@H](NCc1ccccn1)C2)c1cccc(C(F)(F)F)c1-c1ccc(C(F)(F)F)cc1. The van der Waals surface area contributed by atoms with Gasteiger partial charge in [-0.05, 0) is 78.1 Å². The van der Waals surface area contributed by atoms with Crippen molar-refractivity contribution in [3.8, 4) is 11.1 Å². The molecule has 206 valence electrons. The van der Waals surface area contributed by atoms with E-state index in [1.165, 1.54) is 6.07 Å². The molecule has 1 aliphatic carbocycles. The third-order valence-corrected chi connectivity index (χ3v) is 6.81. The van der Waals surface area contributed by atoms with Crippen LogP contribution in [0.5, 0.6) is 0 Å². The van der Waals surface area contributed by atoms with Crippen molar-refractivity contribution in [2.75, 3.05) is 5.32 Å². The molecule has 0 radical (unpaired) electrons. The van der Waals surface area contributed by atoms with Crippen LogP contribution in [0.3, 0.4) is 0 Å². The van der Waals surface area contributed by atoms with Gasteiger partial charge in [-0.2, -0.15) is 26.3 Å². The number of carbonyl (C=O) groups is 1. The molecule has 0 saturated carbocycles. The van der Waals surface area contributed by atoms with Gasteiger partial charge < -0.3 is 10.6 Å². The number of carbonyl (C=O) groups excluding carboxylic acids is 1. The summed E-state index contributed by atoms with van der Waals surface area (Å²) in [5.41, 5.74) is 0.368. The molecule has 0 unspecified atom stereocenters. The van der Waals surface area contributed by atoms with Crippen LogP contribution in [0.4, 0.5) is 32.0 Å². The lowest BCUT2D eigenvalue weighted by Gasteiger charge is -2.18. The number of halogens is 6. The van der Waals surface area contributed by atoms with Crippen molar-refractivity contribution in [2.45, 2.75) is 37.8 Å². The van der Waals surface area contributed by atoms with Crippen molar-refractivity contribution in [3.63, 3.8) is 0 Å². The number of alkyl halides is 6. The minimum atomic E-state index is -4.83. The van der Waals surface area contributed by atoms with Crippen molar-refractivity contribution in [1.29, 1.82) is 0 Å². The number of aromatic nitrogens is 1. The summed E-state index contributed by atoms with van der Waals surface area (Å²) in [6.07, 6.45) is -6.28. The molecule has 1 heterocycles. The Morgan fingerprint density at radius 3 is 2.25 bits per heavy atom. The van der Waals surface area contributed by atoms with Crippen LogP contribution in [0.2, 0.25) is 0 Å². The van der Waals surface area contributed by atoms with E-state index in [1.54, 1.807) is 18.3 Å². The van der Waals surface area contributed by atoms with Gasteiger partial charge in [0, 0.05) is 35.6 Å². The number of nitrogens with one attached hydrogen (secondary N) is 2. The molecule has 3 aromatic carbocycles. The van der Waals surface area contributed by atoms with Crippen LogP contribution < -0.4 is 10.6 Å². The molecule has 1 atom stereocenters. The number of anilines is 1. The molecule has 4 nitrogen and oxygen atoms in total. The summed E-state index contributed by atoms with van der Waals surface area (Å²) in [7, 11) is 0. The molecule has 1 amide bonds. The van der Waals surface area contributed by atoms with Crippen LogP contribution in [-0.4, -0.2) is 16.9 Å². The van der Waals surface area contributed by atoms with E-state index in [9.17, 15) is 31.1 Å². The van der Waals surface area contributed by atoms with Gasteiger partial charge in [0.2, 0.25) is 0 Å². The largest absolute Gasteiger partial charge is 0.417 e. The first-order valence-electron chi connectivity index (χ1n) is 12.4. The Morgan fingerprint density at radius 1 is 0.825 bits per heavy atom. The minimum absolute atomic E-state index is 0.151. The van der Waals surface area contributed by atoms with Gasteiger partial charge >= 0.3 is 12.4 Å². The van der Waals surface area contributed by atoms with E-state index in [1.807, 2.05) is 24.3 Å². The van der Waals surface area contributed by atoms with E-state index in [0.717, 1.165) is 47.5 Å². The Hall–Kier alpha value is -4.18. The topological polar surface area (TPSA) is 54.0 Å². The summed E-state index contributed by atoms with van der Waals surface area (Å²) in [6.45, 7) is 0.603. The molecule has 0 aliphatic heterocycles. The van der Waals surface area contributed by atoms with Crippen LogP contribution in [0.25, 0.3) is 11.1 Å². The summed E-state index contributed by atoms with van der Waals surface area (Å²) in [5.74, 6) is -0.802. The Labute approximate surface area is 226 Å². The number of nitrogens with zero attached hydrogens (tertiary/aromatic N) is 1. The maximum absolute atomic E-state index is 13.9. The molecule has 4 aromatic rings. The van der Waals surface area contributed by atoms with Crippen molar-refractivity contribution in [3.05, 3.63) is 119 Å². The number of amides is 1. The molecule has 10 heteroatoms. The summed E-state index contributed by atoms with van der Waals surface area (Å²) in [5, 5.41) is 6.13. The Kier molecular flexibility index (Phi) is 7.37. The van der Waals surface area contributed by atoms with E-state index in [0.29, 0.717) is 30.8 Å². The fourth-order valence-electron chi connectivity index (χ4n) is 4.90. The third-order valence-electron chi connectivity index (χ3n) is 6.81. The Balaban J connectivity index is 1.37. The summed E-state index contributed by atoms with van der Waals surface area (Å²) < 4.78 is 80.8. The first-order valence-corrected chi connectivity index (χ1v) is 12.4. The zero-order valence-electron chi connectivity index (χ0n) is 20.9. The molecular formula is C30H23F6N3O. The monoisotopic (exact) mass is 555 g/mol. The van der Waals surface area contributed by atoms with Gasteiger partial charge in [0.1, 0.15) is 0 Å². The van der Waals surface area contributed by atoms with E-state index < -0.39 is 35.0 Å². The number of hydrogen-bond donors (Lipinski definition) is 2. The van der Waals surface area contributed by atoms with E-state index >= 15 is 0 Å². The highest BCUT2D eigenvalue weighted by Gasteiger charge is 2.36. The maximum Gasteiger partial charge on any atom is 0.417 e. The molecule has 0 saturated heterocycles. The number of pyridine rings is 1. The fourth-order valence-corrected chi connectivity index (χ4v) is 4.90. The average Bonchev–Trinajstić information content (AvgIpc) is 3.33. The summed E-state index contributed by atoms with van der Waals surface area (Å²) in [4.78, 5) is 17.6. The lowest BCUT2D eigenvalue weighted by Crippen LogP contribution is -2.29. The molecule has 40 heavy (non-hydrogen) atoms. The second kappa shape index (κ2) is 10.8. The van der Waals surface area contributed by atoms with Crippen LogP contribution in [0.15, 0.2) is 85.1 Å². The first-order chi connectivity index (χ1) is 19.0. The molecule has 0 spiro atoms. The van der Waals surface area contributed by atoms with E-state index in [4.69, 9.17) is 0 Å². The van der Waals surface area contributed by atoms with Crippen molar-refractivity contribution >= 4 is 11.6 Å². The Morgan fingerprint density at radius 2 is 1.57 bits per heavy atom.